The third kappa shape index (κ3) is 4.94. The zero-order chi connectivity index (χ0) is 16.9. The molecule has 1 heterocycles. The van der Waals surface area contributed by atoms with E-state index in [2.05, 4.69) is 5.32 Å². The van der Waals surface area contributed by atoms with Gasteiger partial charge in [-0.3, -0.25) is 4.79 Å². The number of nitrogens with one attached hydrogen (secondary N) is 1. The summed E-state index contributed by atoms with van der Waals surface area (Å²) in [5.74, 6) is -0.666. The molecule has 0 aliphatic carbocycles. The maximum Gasteiger partial charge on any atom is 0.417 e. The lowest BCUT2D eigenvalue weighted by Gasteiger charge is -2.26. The van der Waals surface area contributed by atoms with Crippen molar-refractivity contribution >= 4 is 5.91 Å². The predicted octanol–water partition coefficient (Wildman–Crippen LogP) is 2.61. The maximum absolute atomic E-state index is 12.9. The Labute approximate surface area is 132 Å². The molecule has 128 valence electrons. The molecular weight excluding hydrogens is 311 g/mol. The van der Waals surface area contributed by atoms with Gasteiger partial charge in [0.1, 0.15) is 0 Å². The van der Waals surface area contributed by atoms with Crippen molar-refractivity contribution in [2.75, 3.05) is 19.8 Å². The summed E-state index contributed by atoms with van der Waals surface area (Å²) in [4.78, 5) is 12.0. The molecule has 2 rings (SSSR count). The Morgan fingerprint density at radius 1 is 1.30 bits per heavy atom. The molecule has 4 nitrogen and oxygen atoms in total. The summed E-state index contributed by atoms with van der Waals surface area (Å²) < 4.78 is 43.8. The molecule has 0 saturated carbocycles. The van der Waals surface area contributed by atoms with Gasteiger partial charge >= 0.3 is 6.18 Å². The van der Waals surface area contributed by atoms with Crippen LogP contribution in [-0.2, 0) is 10.9 Å². The van der Waals surface area contributed by atoms with Crippen LogP contribution in [-0.4, -0.2) is 36.9 Å². The number of halogens is 3. The Morgan fingerprint density at radius 2 is 1.96 bits per heavy atom. The smallest absolute Gasteiger partial charge is 0.393 e. The van der Waals surface area contributed by atoms with Gasteiger partial charge in [0.25, 0.3) is 5.91 Å². The molecule has 7 heteroatoms. The monoisotopic (exact) mass is 331 g/mol. The van der Waals surface area contributed by atoms with Gasteiger partial charge in [-0.05, 0) is 37.3 Å². The van der Waals surface area contributed by atoms with Gasteiger partial charge in [-0.15, -0.1) is 0 Å². The first-order chi connectivity index (χ1) is 10.9. The van der Waals surface area contributed by atoms with Crippen molar-refractivity contribution in [2.45, 2.75) is 31.5 Å². The summed E-state index contributed by atoms with van der Waals surface area (Å²) in [6, 6.07) is 4.66. The molecule has 1 aliphatic heterocycles. The van der Waals surface area contributed by atoms with E-state index in [9.17, 15) is 23.1 Å². The molecule has 0 bridgehead atoms. The van der Waals surface area contributed by atoms with Crippen molar-refractivity contribution in [3.63, 3.8) is 0 Å². The molecule has 1 fully saturated rings. The second-order valence-corrected chi connectivity index (χ2v) is 5.61. The average Bonchev–Trinajstić information content (AvgIpc) is 2.54. The molecule has 0 aromatic heterocycles. The lowest BCUT2D eigenvalue weighted by atomic mass is 9.92. The normalized spacial score (nSPS) is 17.7. The first-order valence-electron chi connectivity index (χ1n) is 7.60. The predicted molar refractivity (Wildman–Crippen MR) is 77.9 cm³/mol. The highest BCUT2D eigenvalue weighted by Gasteiger charge is 2.34. The van der Waals surface area contributed by atoms with Gasteiger partial charge in [-0.1, -0.05) is 12.1 Å². The van der Waals surface area contributed by atoms with Crippen LogP contribution in [0, 0.1) is 5.92 Å². The maximum atomic E-state index is 12.9. The molecule has 1 aromatic carbocycles. The number of aliphatic hydroxyl groups excluding tert-OH is 1. The largest absolute Gasteiger partial charge is 0.417 e. The summed E-state index contributed by atoms with van der Waals surface area (Å²) in [6.45, 7) is 1.34. The Hall–Kier alpha value is -1.60. The summed E-state index contributed by atoms with van der Waals surface area (Å²) >= 11 is 0. The number of amides is 1. The quantitative estimate of drug-likeness (QED) is 0.872. The van der Waals surface area contributed by atoms with Crippen LogP contribution in [0.25, 0.3) is 0 Å². The SMILES string of the molecule is O=C(NCC[C@H](O)C1CCOCC1)c1ccccc1C(F)(F)F. The Morgan fingerprint density at radius 3 is 2.61 bits per heavy atom. The van der Waals surface area contributed by atoms with E-state index in [-0.39, 0.29) is 12.5 Å². The molecule has 1 saturated heterocycles. The topological polar surface area (TPSA) is 58.6 Å². The molecule has 0 unspecified atom stereocenters. The van der Waals surface area contributed by atoms with E-state index in [1.165, 1.54) is 12.1 Å². The number of hydrogen-bond acceptors (Lipinski definition) is 3. The minimum atomic E-state index is -4.57. The fourth-order valence-corrected chi connectivity index (χ4v) is 2.69. The van der Waals surface area contributed by atoms with Crippen LogP contribution >= 0.6 is 0 Å². The van der Waals surface area contributed by atoms with Crippen LogP contribution in [0.5, 0.6) is 0 Å². The van der Waals surface area contributed by atoms with Crippen LogP contribution < -0.4 is 5.32 Å². The lowest BCUT2D eigenvalue weighted by molar-refractivity contribution is -0.137. The highest BCUT2D eigenvalue weighted by molar-refractivity contribution is 5.95. The van der Waals surface area contributed by atoms with Gasteiger partial charge in [0.2, 0.25) is 0 Å². The zero-order valence-corrected chi connectivity index (χ0v) is 12.6. The second-order valence-electron chi connectivity index (χ2n) is 5.61. The molecule has 0 spiro atoms. The molecule has 23 heavy (non-hydrogen) atoms. The van der Waals surface area contributed by atoms with E-state index in [1.807, 2.05) is 0 Å². The van der Waals surface area contributed by atoms with Gasteiger partial charge in [0.15, 0.2) is 0 Å². The fraction of sp³-hybridized carbons (Fsp3) is 0.562. The third-order valence-corrected chi connectivity index (χ3v) is 4.01. The van der Waals surface area contributed by atoms with Crippen molar-refractivity contribution in [1.29, 1.82) is 0 Å². The van der Waals surface area contributed by atoms with Crippen molar-refractivity contribution < 1.29 is 27.8 Å². The van der Waals surface area contributed by atoms with Gasteiger partial charge in [0, 0.05) is 19.8 Å². The number of hydrogen-bond donors (Lipinski definition) is 2. The van der Waals surface area contributed by atoms with Crippen molar-refractivity contribution in [2.24, 2.45) is 5.92 Å². The molecular formula is C16H20F3NO3. The van der Waals surface area contributed by atoms with Gasteiger partial charge < -0.3 is 15.2 Å². The third-order valence-electron chi connectivity index (χ3n) is 4.01. The van der Waals surface area contributed by atoms with E-state index >= 15 is 0 Å². The summed E-state index contributed by atoms with van der Waals surface area (Å²) in [5.41, 5.74) is -1.36. The summed E-state index contributed by atoms with van der Waals surface area (Å²) in [7, 11) is 0. The second kappa shape index (κ2) is 7.79. The van der Waals surface area contributed by atoms with Crippen LogP contribution in [0.1, 0.15) is 35.2 Å². The van der Waals surface area contributed by atoms with Crippen molar-refractivity contribution in [3.8, 4) is 0 Å². The van der Waals surface area contributed by atoms with E-state index in [0.717, 1.165) is 25.0 Å². The molecule has 1 atom stereocenters. The molecule has 1 aliphatic rings. The van der Waals surface area contributed by atoms with Crippen LogP contribution in [0.4, 0.5) is 13.2 Å². The number of alkyl halides is 3. The van der Waals surface area contributed by atoms with Gasteiger partial charge in [0.05, 0.1) is 17.2 Å². The van der Waals surface area contributed by atoms with Crippen LogP contribution in [0.2, 0.25) is 0 Å². The fourth-order valence-electron chi connectivity index (χ4n) is 2.69. The van der Waals surface area contributed by atoms with Crippen LogP contribution in [0.15, 0.2) is 24.3 Å². The van der Waals surface area contributed by atoms with Crippen LogP contribution in [0.3, 0.4) is 0 Å². The molecule has 0 radical (unpaired) electrons. The minimum Gasteiger partial charge on any atom is -0.393 e. The van der Waals surface area contributed by atoms with E-state index in [0.29, 0.717) is 19.6 Å². The number of carbonyl (C=O) groups excluding carboxylic acids is 1. The number of benzene rings is 1. The highest BCUT2D eigenvalue weighted by atomic mass is 19.4. The first-order valence-corrected chi connectivity index (χ1v) is 7.60. The number of ether oxygens (including phenoxy) is 1. The van der Waals surface area contributed by atoms with E-state index in [1.54, 1.807) is 0 Å². The Kier molecular flexibility index (Phi) is 6.01. The standard InChI is InChI=1S/C16H20F3NO3/c17-16(18,19)13-4-2-1-3-12(13)15(22)20-8-5-14(21)11-6-9-23-10-7-11/h1-4,11,14,21H,5-10H2,(H,20,22)/t14-/m0/s1. The van der Waals surface area contributed by atoms with Crippen molar-refractivity contribution in [1.82, 2.24) is 5.32 Å². The number of carbonyl (C=O) groups is 1. The minimum absolute atomic E-state index is 0.114. The average molecular weight is 331 g/mol. The van der Waals surface area contributed by atoms with E-state index < -0.39 is 29.3 Å². The summed E-state index contributed by atoms with van der Waals surface area (Å²) in [5, 5.41) is 12.5. The van der Waals surface area contributed by atoms with Gasteiger partial charge in [-0.2, -0.15) is 13.2 Å². The summed E-state index contributed by atoms with van der Waals surface area (Å²) in [6.07, 6.45) is -3.34. The van der Waals surface area contributed by atoms with Gasteiger partial charge in [-0.25, -0.2) is 0 Å². The molecule has 1 aromatic rings. The highest BCUT2D eigenvalue weighted by Crippen LogP contribution is 2.31. The van der Waals surface area contributed by atoms with Crippen molar-refractivity contribution in [3.05, 3.63) is 35.4 Å². The zero-order valence-electron chi connectivity index (χ0n) is 12.6. The molecule has 1 amide bonds. The first kappa shape index (κ1) is 17.7. The number of rotatable bonds is 5. The lowest BCUT2D eigenvalue weighted by Crippen LogP contribution is -2.33. The Balaban J connectivity index is 1.88. The van der Waals surface area contributed by atoms with E-state index in [4.69, 9.17) is 4.74 Å². The Bertz CT molecular complexity index is 528. The molecule has 2 N–H and O–H groups in total. The number of aliphatic hydroxyl groups is 1.